The third-order valence-corrected chi connectivity index (χ3v) is 5.68. The number of hydrogen-bond acceptors (Lipinski definition) is 6. The second kappa shape index (κ2) is 5.12. The topological polar surface area (TPSA) is 85.5 Å². The van der Waals surface area contributed by atoms with E-state index in [0.29, 0.717) is 11.0 Å². The number of nitrogens with zero attached hydrogens (tertiary/aromatic N) is 2. The van der Waals surface area contributed by atoms with Crippen LogP contribution in [0.15, 0.2) is 10.4 Å². The van der Waals surface area contributed by atoms with Gasteiger partial charge in [-0.2, -0.15) is 0 Å². The molecular formula is C10H17N3O3S2. The zero-order valence-electron chi connectivity index (χ0n) is 10.4. The van der Waals surface area contributed by atoms with Crippen LogP contribution in [0.2, 0.25) is 0 Å². The maximum absolute atomic E-state index is 11.2. The summed E-state index contributed by atoms with van der Waals surface area (Å²) < 4.78 is 27.9. The molecule has 0 saturated carbocycles. The minimum absolute atomic E-state index is 0.102. The summed E-state index contributed by atoms with van der Waals surface area (Å²) in [7, 11) is -1.96. The molecule has 1 aromatic rings. The molecule has 0 spiro atoms. The van der Waals surface area contributed by atoms with Crippen molar-refractivity contribution in [1.29, 1.82) is 0 Å². The van der Waals surface area contributed by atoms with Crippen LogP contribution >= 0.6 is 11.3 Å². The molecule has 2 unspecified atom stereocenters. The number of sulfonamides is 1. The summed E-state index contributed by atoms with van der Waals surface area (Å²) in [5, 5.41) is 5.76. The number of rotatable bonds is 3. The normalized spacial score (nSPS) is 25.4. The maximum atomic E-state index is 11.2. The van der Waals surface area contributed by atoms with E-state index < -0.39 is 10.0 Å². The van der Waals surface area contributed by atoms with E-state index in [2.05, 4.69) is 11.9 Å². The second-order valence-corrected chi connectivity index (χ2v) is 7.29. The Morgan fingerprint density at radius 2 is 2.33 bits per heavy atom. The number of aromatic nitrogens is 1. The minimum atomic E-state index is -3.65. The predicted octanol–water partition coefficient (Wildman–Crippen LogP) is 0.652. The summed E-state index contributed by atoms with van der Waals surface area (Å²) in [6.07, 6.45) is 2.47. The lowest BCUT2D eigenvalue weighted by Crippen LogP contribution is -2.43. The SMILES string of the molecule is COC1CN(c2ncc(S(N)(=O)=O)s2)CCC1C. The van der Waals surface area contributed by atoms with E-state index in [1.165, 1.54) is 6.20 Å². The van der Waals surface area contributed by atoms with Gasteiger partial charge in [0.2, 0.25) is 10.0 Å². The first kappa shape index (κ1) is 13.7. The zero-order valence-corrected chi connectivity index (χ0v) is 12.0. The third kappa shape index (κ3) is 2.82. The Hall–Kier alpha value is -0.700. The number of nitrogens with two attached hydrogens (primary N) is 1. The van der Waals surface area contributed by atoms with Gasteiger partial charge in [0.05, 0.1) is 12.3 Å². The Morgan fingerprint density at radius 1 is 1.61 bits per heavy atom. The highest BCUT2D eigenvalue weighted by Crippen LogP contribution is 2.29. The Bertz CT molecular complexity index is 514. The average Bonchev–Trinajstić information content (AvgIpc) is 2.78. The first-order valence-electron chi connectivity index (χ1n) is 5.68. The summed E-state index contributed by atoms with van der Waals surface area (Å²) >= 11 is 1.11. The van der Waals surface area contributed by atoms with Crippen molar-refractivity contribution in [3.63, 3.8) is 0 Å². The van der Waals surface area contributed by atoms with Crippen LogP contribution in [0.5, 0.6) is 0 Å². The zero-order chi connectivity index (χ0) is 13.3. The Labute approximate surface area is 111 Å². The van der Waals surface area contributed by atoms with Crippen LogP contribution in [0, 0.1) is 5.92 Å². The van der Waals surface area contributed by atoms with Gasteiger partial charge in [-0.15, -0.1) is 0 Å². The summed E-state index contributed by atoms with van der Waals surface area (Å²) in [6.45, 7) is 3.75. The molecule has 1 aliphatic heterocycles. The van der Waals surface area contributed by atoms with E-state index in [1.807, 2.05) is 4.90 Å². The molecule has 0 amide bonds. The second-order valence-electron chi connectivity index (χ2n) is 4.49. The Balaban J connectivity index is 2.15. The van der Waals surface area contributed by atoms with Crippen molar-refractivity contribution in [3.8, 4) is 0 Å². The van der Waals surface area contributed by atoms with Gasteiger partial charge in [-0.1, -0.05) is 18.3 Å². The van der Waals surface area contributed by atoms with Crippen LogP contribution < -0.4 is 10.0 Å². The van der Waals surface area contributed by atoms with E-state index in [0.717, 1.165) is 30.8 Å². The van der Waals surface area contributed by atoms with Crippen LogP contribution in [-0.4, -0.2) is 39.7 Å². The fourth-order valence-electron chi connectivity index (χ4n) is 2.04. The van der Waals surface area contributed by atoms with Crippen LogP contribution in [0.3, 0.4) is 0 Å². The van der Waals surface area contributed by atoms with E-state index in [9.17, 15) is 8.42 Å². The molecule has 1 aliphatic rings. The molecule has 1 saturated heterocycles. The molecule has 8 heteroatoms. The van der Waals surface area contributed by atoms with Crippen LogP contribution in [0.1, 0.15) is 13.3 Å². The lowest BCUT2D eigenvalue weighted by atomic mass is 9.96. The highest BCUT2D eigenvalue weighted by Gasteiger charge is 2.28. The van der Waals surface area contributed by atoms with Gasteiger partial charge < -0.3 is 9.64 Å². The van der Waals surface area contributed by atoms with Gasteiger partial charge in [0, 0.05) is 20.2 Å². The predicted molar refractivity (Wildman–Crippen MR) is 70.3 cm³/mol. The van der Waals surface area contributed by atoms with Gasteiger partial charge in [-0.05, 0) is 12.3 Å². The monoisotopic (exact) mass is 291 g/mol. The van der Waals surface area contributed by atoms with Crippen molar-refractivity contribution in [2.45, 2.75) is 23.7 Å². The summed E-state index contributed by atoms with van der Waals surface area (Å²) in [5.74, 6) is 0.504. The van der Waals surface area contributed by atoms with E-state index >= 15 is 0 Å². The smallest absolute Gasteiger partial charge is 0.249 e. The average molecular weight is 291 g/mol. The molecular weight excluding hydrogens is 274 g/mol. The van der Waals surface area contributed by atoms with Gasteiger partial charge >= 0.3 is 0 Å². The number of hydrogen-bond donors (Lipinski definition) is 1. The van der Waals surface area contributed by atoms with Crippen LogP contribution in [-0.2, 0) is 14.8 Å². The Kier molecular flexibility index (Phi) is 3.90. The molecule has 0 radical (unpaired) electrons. The quantitative estimate of drug-likeness (QED) is 0.884. The number of piperidine rings is 1. The largest absolute Gasteiger partial charge is 0.379 e. The van der Waals surface area contributed by atoms with Gasteiger partial charge in [0.25, 0.3) is 0 Å². The molecule has 2 atom stereocenters. The van der Waals surface area contributed by atoms with Crippen molar-refractivity contribution >= 4 is 26.5 Å². The van der Waals surface area contributed by atoms with E-state index in [-0.39, 0.29) is 10.3 Å². The number of anilines is 1. The molecule has 102 valence electrons. The van der Waals surface area contributed by atoms with Gasteiger partial charge in [-0.3, -0.25) is 0 Å². The molecule has 2 rings (SSSR count). The van der Waals surface area contributed by atoms with Crippen molar-refractivity contribution in [2.24, 2.45) is 11.1 Å². The lowest BCUT2D eigenvalue weighted by molar-refractivity contribution is 0.0498. The van der Waals surface area contributed by atoms with Gasteiger partial charge in [0.15, 0.2) is 9.34 Å². The molecule has 0 aromatic carbocycles. The van der Waals surface area contributed by atoms with E-state index in [4.69, 9.17) is 9.88 Å². The van der Waals surface area contributed by atoms with Crippen LogP contribution in [0.4, 0.5) is 5.13 Å². The molecule has 0 aliphatic carbocycles. The molecule has 0 bridgehead atoms. The van der Waals surface area contributed by atoms with E-state index in [1.54, 1.807) is 7.11 Å². The van der Waals surface area contributed by atoms with Crippen LogP contribution in [0.25, 0.3) is 0 Å². The standard InChI is InChI=1S/C10H17N3O3S2/c1-7-3-4-13(6-8(7)16-2)10-12-5-9(17-10)18(11,14)15/h5,7-8H,3-4,6H2,1-2H3,(H2,11,14,15). The summed E-state index contributed by atoms with van der Waals surface area (Å²) in [6, 6.07) is 0. The Morgan fingerprint density at radius 3 is 2.89 bits per heavy atom. The minimum Gasteiger partial charge on any atom is -0.379 e. The van der Waals surface area contributed by atoms with Crippen molar-refractivity contribution in [1.82, 2.24) is 4.98 Å². The summed E-state index contributed by atoms with van der Waals surface area (Å²) in [4.78, 5) is 6.18. The number of thiazole rings is 1. The molecule has 18 heavy (non-hydrogen) atoms. The number of methoxy groups -OCH3 is 1. The highest BCUT2D eigenvalue weighted by molar-refractivity contribution is 7.91. The molecule has 6 nitrogen and oxygen atoms in total. The molecule has 1 fully saturated rings. The lowest BCUT2D eigenvalue weighted by Gasteiger charge is -2.35. The molecule has 2 N–H and O–H groups in total. The van der Waals surface area contributed by atoms with Crippen molar-refractivity contribution in [3.05, 3.63) is 6.20 Å². The fourth-order valence-corrected chi connectivity index (χ4v) is 3.62. The van der Waals surface area contributed by atoms with Gasteiger partial charge in [0.1, 0.15) is 0 Å². The first-order valence-corrected chi connectivity index (χ1v) is 8.04. The van der Waals surface area contributed by atoms with Crippen molar-refractivity contribution < 1.29 is 13.2 Å². The van der Waals surface area contributed by atoms with Gasteiger partial charge in [-0.25, -0.2) is 18.5 Å². The molecule has 1 aromatic heterocycles. The third-order valence-electron chi connectivity index (χ3n) is 3.22. The summed E-state index contributed by atoms with van der Waals surface area (Å²) in [5.41, 5.74) is 0. The first-order chi connectivity index (χ1) is 8.41. The number of primary sulfonamides is 1. The molecule has 2 heterocycles. The fraction of sp³-hybridized carbons (Fsp3) is 0.700. The highest BCUT2D eigenvalue weighted by atomic mass is 32.2. The number of ether oxygens (including phenoxy) is 1. The van der Waals surface area contributed by atoms with Crippen molar-refractivity contribution in [2.75, 3.05) is 25.1 Å². The maximum Gasteiger partial charge on any atom is 0.249 e.